The molecule has 1 aromatic carbocycles. The zero-order valence-electron chi connectivity index (χ0n) is 9.69. The third-order valence-electron chi connectivity index (χ3n) is 2.45. The van der Waals surface area contributed by atoms with Crippen molar-refractivity contribution in [3.05, 3.63) is 35.1 Å². The lowest BCUT2D eigenvalue weighted by Crippen LogP contribution is -2.12. The van der Waals surface area contributed by atoms with E-state index in [-0.39, 0.29) is 11.2 Å². The molecule has 0 saturated heterocycles. The molecule has 0 aliphatic rings. The van der Waals surface area contributed by atoms with Crippen LogP contribution in [0, 0.1) is 5.82 Å². The third kappa shape index (κ3) is 2.57. The van der Waals surface area contributed by atoms with Gasteiger partial charge in [-0.25, -0.2) is 4.39 Å². The molecule has 0 N–H and O–H groups in total. The first-order valence-electron chi connectivity index (χ1n) is 5.11. The summed E-state index contributed by atoms with van der Waals surface area (Å²) in [4.78, 5) is 0. The molecule has 0 aliphatic heterocycles. The Morgan fingerprint density at radius 1 is 1.07 bits per heavy atom. The van der Waals surface area contributed by atoms with Gasteiger partial charge in [-0.2, -0.15) is 0 Å². The van der Waals surface area contributed by atoms with Gasteiger partial charge < -0.3 is 0 Å². The average Bonchev–Trinajstić information content (AvgIpc) is 2.01. The van der Waals surface area contributed by atoms with Crippen LogP contribution in [0.1, 0.15) is 51.7 Å². The van der Waals surface area contributed by atoms with Crippen LogP contribution in [-0.2, 0) is 5.41 Å². The van der Waals surface area contributed by atoms with E-state index in [4.69, 9.17) is 0 Å². The predicted molar refractivity (Wildman–Crippen MR) is 59.2 cm³/mol. The molecule has 14 heavy (non-hydrogen) atoms. The standard InChI is InChI=1S/C13H19F/c1-9(2)10-6-11(13(3,4)5)8-12(14)7-10/h6-9H,1-5H3. The predicted octanol–water partition coefficient (Wildman–Crippen LogP) is 4.25. The number of hydrogen-bond acceptors (Lipinski definition) is 0. The molecule has 0 amide bonds. The van der Waals surface area contributed by atoms with Gasteiger partial charge in [0, 0.05) is 0 Å². The van der Waals surface area contributed by atoms with Crippen molar-refractivity contribution in [3.8, 4) is 0 Å². The van der Waals surface area contributed by atoms with Crippen LogP contribution in [0.2, 0.25) is 0 Å². The summed E-state index contributed by atoms with van der Waals surface area (Å²) in [5, 5.41) is 0. The Morgan fingerprint density at radius 3 is 2.07 bits per heavy atom. The summed E-state index contributed by atoms with van der Waals surface area (Å²) in [6.45, 7) is 10.5. The van der Waals surface area contributed by atoms with Gasteiger partial charge in [0.25, 0.3) is 0 Å². The first kappa shape index (κ1) is 11.2. The number of halogens is 1. The van der Waals surface area contributed by atoms with Gasteiger partial charge in [0.1, 0.15) is 5.82 Å². The van der Waals surface area contributed by atoms with E-state index in [1.54, 1.807) is 12.1 Å². The van der Waals surface area contributed by atoms with Gasteiger partial charge in [0.2, 0.25) is 0 Å². The number of benzene rings is 1. The first-order valence-corrected chi connectivity index (χ1v) is 5.11. The fraction of sp³-hybridized carbons (Fsp3) is 0.538. The fourth-order valence-corrected chi connectivity index (χ4v) is 1.38. The largest absolute Gasteiger partial charge is 0.207 e. The molecule has 0 fully saturated rings. The van der Waals surface area contributed by atoms with E-state index >= 15 is 0 Å². The van der Waals surface area contributed by atoms with Crippen LogP contribution in [0.15, 0.2) is 18.2 Å². The van der Waals surface area contributed by atoms with E-state index < -0.39 is 0 Å². The monoisotopic (exact) mass is 194 g/mol. The Kier molecular flexibility index (Phi) is 2.98. The average molecular weight is 194 g/mol. The van der Waals surface area contributed by atoms with Crippen LogP contribution in [0.4, 0.5) is 4.39 Å². The Hall–Kier alpha value is -0.850. The molecule has 0 aromatic heterocycles. The topological polar surface area (TPSA) is 0 Å². The van der Waals surface area contributed by atoms with Crippen LogP contribution < -0.4 is 0 Å². The Balaban J connectivity index is 3.21. The summed E-state index contributed by atoms with van der Waals surface area (Å²) in [5.41, 5.74) is 2.17. The normalized spacial score (nSPS) is 12.2. The van der Waals surface area contributed by atoms with E-state index in [1.165, 1.54) is 0 Å². The molecule has 1 rings (SSSR count). The second-order valence-electron chi connectivity index (χ2n) is 5.18. The minimum absolute atomic E-state index is 0.0196. The number of rotatable bonds is 1. The van der Waals surface area contributed by atoms with E-state index in [9.17, 15) is 4.39 Å². The van der Waals surface area contributed by atoms with E-state index in [2.05, 4.69) is 40.7 Å². The summed E-state index contributed by atoms with van der Waals surface area (Å²) < 4.78 is 13.3. The molecular formula is C13H19F. The fourth-order valence-electron chi connectivity index (χ4n) is 1.38. The van der Waals surface area contributed by atoms with Crippen molar-refractivity contribution in [3.63, 3.8) is 0 Å². The van der Waals surface area contributed by atoms with Crippen molar-refractivity contribution in [1.82, 2.24) is 0 Å². The van der Waals surface area contributed by atoms with Crippen molar-refractivity contribution >= 4 is 0 Å². The molecule has 0 unspecified atom stereocenters. The summed E-state index contributed by atoms with van der Waals surface area (Å²) in [6.07, 6.45) is 0. The van der Waals surface area contributed by atoms with Crippen LogP contribution in [0.5, 0.6) is 0 Å². The Morgan fingerprint density at radius 2 is 1.64 bits per heavy atom. The molecule has 1 heteroatoms. The maximum absolute atomic E-state index is 13.3. The molecule has 78 valence electrons. The first-order chi connectivity index (χ1) is 6.30. The van der Waals surface area contributed by atoms with Crippen LogP contribution in [-0.4, -0.2) is 0 Å². The lowest BCUT2D eigenvalue weighted by molar-refractivity contribution is 0.568. The second kappa shape index (κ2) is 3.72. The molecule has 0 saturated carbocycles. The zero-order valence-corrected chi connectivity index (χ0v) is 9.69. The van der Waals surface area contributed by atoms with Crippen molar-refractivity contribution in [1.29, 1.82) is 0 Å². The molecular weight excluding hydrogens is 175 g/mol. The summed E-state index contributed by atoms with van der Waals surface area (Å²) >= 11 is 0. The molecule has 1 aromatic rings. The van der Waals surface area contributed by atoms with Gasteiger partial charge >= 0.3 is 0 Å². The molecule has 0 spiro atoms. The number of hydrogen-bond donors (Lipinski definition) is 0. The summed E-state index contributed by atoms with van der Waals surface area (Å²) in [7, 11) is 0. The lowest BCUT2D eigenvalue weighted by atomic mass is 9.85. The Bertz CT molecular complexity index is 318. The maximum Gasteiger partial charge on any atom is 0.123 e. The highest BCUT2D eigenvalue weighted by molar-refractivity contribution is 5.31. The van der Waals surface area contributed by atoms with Crippen molar-refractivity contribution in [2.45, 2.75) is 46.0 Å². The zero-order chi connectivity index (χ0) is 10.9. The molecule has 0 aliphatic carbocycles. The summed E-state index contributed by atoms with van der Waals surface area (Å²) in [5.74, 6) is 0.257. The highest BCUT2D eigenvalue weighted by atomic mass is 19.1. The minimum atomic E-state index is -0.124. The van der Waals surface area contributed by atoms with Gasteiger partial charge in [0.05, 0.1) is 0 Å². The van der Waals surface area contributed by atoms with Gasteiger partial charge in [0.15, 0.2) is 0 Å². The van der Waals surface area contributed by atoms with Gasteiger partial charge in [-0.05, 0) is 34.6 Å². The third-order valence-corrected chi connectivity index (χ3v) is 2.45. The molecule has 0 heterocycles. The highest BCUT2D eigenvalue weighted by Crippen LogP contribution is 2.26. The smallest absolute Gasteiger partial charge is 0.123 e. The van der Waals surface area contributed by atoms with Crippen LogP contribution >= 0.6 is 0 Å². The Labute approximate surface area is 86.2 Å². The van der Waals surface area contributed by atoms with Crippen LogP contribution in [0.3, 0.4) is 0 Å². The quantitative estimate of drug-likeness (QED) is 0.627. The van der Waals surface area contributed by atoms with Gasteiger partial charge in [-0.1, -0.05) is 40.7 Å². The molecule has 0 nitrogen and oxygen atoms in total. The van der Waals surface area contributed by atoms with E-state index in [0.29, 0.717) is 5.92 Å². The van der Waals surface area contributed by atoms with E-state index in [1.807, 2.05) is 0 Å². The summed E-state index contributed by atoms with van der Waals surface area (Å²) in [6, 6.07) is 5.36. The lowest BCUT2D eigenvalue weighted by Gasteiger charge is -2.20. The van der Waals surface area contributed by atoms with E-state index in [0.717, 1.165) is 11.1 Å². The van der Waals surface area contributed by atoms with Crippen LogP contribution in [0.25, 0.3) is 0 Å². The molecule has 0 bridgehead atoms. The molecule has 0 radical (unpaired) electrons. The van der Waals surface area contributed by atoms with Crippen molar-refractivity contribution < 1.29 is 4.39 Å². The highest BCUT2D eigenvalue weighted by Gasteiger charge is 2.16. The van der Waals surface area contributed by atoms with Gasteiger partial charge in [-0.15, -0.1) is 0 Å². The maximum atomic E-state index is 13.3. The van der Waals surface area contributed by atoms with Gasteiger partial charge in [-0.3, -0.25) is 0 Å². The SMILES string of the molecule is CC(C)c1cc(F)cc(C(C)(C)C)c1. The second-order valence-corrected chi connectivity index (χ2v) is 5.18. The minimum Gasteiger partial charge on any atom is -0.207 e. The van der Waals surface area contributed by atoms with Crippen molar-refractivity contribution in [2.75, 3.05) is 0 Å². The molecule has 0 atom stereocenters. The van der Waals surface area contributed by atoms with Crippen molar-refractivity contribution in [2.24, 2.45) is 0 Å².